The Morgan fingerprint density at radius 2 is 1.79 bits per heavy atom. The molecular weight excluding hydrogens is 170 g/mol. The molecule has 1 heteroatoms. The normalized spacial score (nSPS) is 11.9. The zero-order chi connectivity index (χ0) is 9.97. The van der Waals surface area contributed by atoms with E-state index in [4.69, 9.17) is 5.73 Å². The summed E-state index contributed by atoms with van der Waals surface area (Å²) >= 11 is 0. The number of fused-ring (bicyclic) bond motifs is 1. The number of rotatable bonds is 1. The van der Waals surface area contributed by atoms with Crippen LogP contribution in [0.5, 0.6) is 0 Å². The van der Waals surface area contributed by atoms with Crippen LogP contribution in [0.25, 0.3) is 16.8 Å². The predicted molar refractivity (Wildman–Crippen MR) is 61.8 cm³/mol. The van der Waals surface area contributed by atoms with Crippen LogP contribution in [0.2, 0.25) is 0 Å². The predicted octanol–water partition coefficient (Wildman–Crippen LogP) is 3.16. The van der Waals surface area contributed by atoms with E-state index in [1.165, 1.54) is 10.8 Å². The monoisotopic (exact) mass is 183 g/mol. The minimum Gasteiger partial charge on any atom is -0.402 e. The third-order valence-electron chi connectivity index (χ3n) is 2.17. The van der Waals surface area contributed by atoms with Gasteiger partial charge in [0.1, 0.15) is 0 Å². The third-order valence-corrected chi connectivity index (χ3v) is 2.17. The number of hydrogen-bond donors (Lipinski definition) is 1. The topological polar surface area (TPSA) is 26.0 Å². The second-order valence-corrected chi connectivity index (χ2v) is 3.49. The highest BCUT2D eigenvalue weighted by Gasteiger charge is 1.92. The van der Waals surface area contributed by atoms with Crippen LogP contribution in [0, 0.1) is 0 Å². The third kappa shape index (κ3) is 1.77. The molecule has 2 rings (SSSR count). The van der Waals surface area contributed by atoms with Crippen LogP contribution in [-0.2, 0) is 0 Å². The lowest BCUT2D eigenvalue weighted by molar-refractivity contribution is 1.34. The molecule has 0 aliphatic heterocycles. The van der Waals surface area contributed by atoms with Gasteiger partial charge >= 0.3 is 0 Å². The summed E-state index contributed by atoms with van der Waals surface area (Å²) in [6, 6.07) is 14.7. The molecule has 0 aliphatic rings. The molecule has 0 fully saturated rings. The van der Waals surface area contributed by atoms with E-state index in [9.17, 15) is 0 Å². The van der Waals surface area contributed by atoms with Crippen LogP contribution in [-0.4, -0.2) is 0 Å². The van der Waals surface area contributed by atoms with Gasteiger partial charge in [-0.3, -0.25) is 0 Å². The maximum atomic E-state index is 5.63. The lowest BCUT2D eigenvalue weighted by atomic mass is 10.1. The Labute approximate surface area is 83.9 Å². The number of nitrogens with two attached hydrogens (primary N) is 1. The molecule has 0 amide bonds. The van der Waals surface area contributed by atoms with Gasteiger partial charge in [-0.2, -0.15) is 0 Å². The molecule has 14 heavy (non-hydrogen) atoms. The molecule has 2 aromatic rings. The molecule has 0 radical (unpaired) electrons. The van der Waals surface area contributed by atoms with E-state index in [0.717, 1.165) is 11.3 Å². The summed E-state index contributed by atoms with van der Waals surface area (Å²) in [6.07, 6.45) is 1.98. The van der Waals surface area contributed by atoms with E-state index in [0.29, 0.717) is 0 Å². The molecule has 2 N–H and O–H groups in total. The molecule has 0 spiro atoms. The first-order chi connectivity index (χ1) is 6.75. The van der Waals surface area contributed by atoms with E-state index in [1.54, 1.807) is 0 Å². The summed E-state index contributed by atoms with van der Waals surface area (Å²) in [7, 11) is 0. The first-order valence-electron chi connectivity index (χ1n) is 4.68. The van der Waals surface area contributed by atoms with Gasteiger partial charge in [0.15, 0.2) is 0 Å². The van der Waals surface area contributed by atoms with Gasteiger partial charge in [0, 0.05) is 5.70 Å². The fourth-order valence-corrected chi connectivity index (χ4v) is 1.56. The summed E-state index contributed by atoms with van der Waals surface area (Å²) in [5.41, 5.74) is 7.62. The molecule has 0 unspecified atom stereocenters. The van der Waals surface area contributed by atoms with Crippen molar-refractivity contribution in [2.24, 2.45) is 5.73 Å². The lowest BCUT2D eigenvalue weighted by Gasteiger charge is -1.99. The fraction of sp³-hybridized carbons (Fsp3) is 0.0769. The second kappa shape index (κ2) is 3.54. The molecule has 0 atom stereocenters. The second-order valence-electron chi connectivity index (χ2n) is 3.49. The van der Waals surface area contributed by atoms with Crippen LogP contribution in [0.15, 0.2) is 48.2 Å². The van der Waals surface area contributed by atoms with Gasteiger partial charge in [0.25, 0.3) is 0 Å². The van der Waals surface area contributed by atoms with E-state index < -0.39 is 0 Å². The van der Waals surface area contributed by atoms with Gasteiger partial charge in [-0.25, -0.2) is 0 Å². The van der Waals surface area contributed by atoms with Crippen LogP contribution < -0.4 is 5.73 Å². The van der Waals surface area contributed by atoms with E-state index >= 15 is 0 Å². The van der Waals surface area contributed by atoms with Crippen molar-refractivity contribution in [3.8, 4) is 0 Å². The SMILES string of the molecule is C/C(N)=C/c1ccc2ccccc2c1. The Kier molecular flexibility index (Phi) is 2.23. The largest absolute Gasteiger partial charge is 0.402 e. The summed E-state index contributed by atoms with van der Waals surface area (Å²) < 4.78 is 0. The first-order valence-corrected chi connectivity index (χ1v) is 4.68. The smallest absolute Gasteiger partial charge is 0.00548 e. The molecule has 0 saturated carbocycles. The van der Waals surface area contributed by atoms with Gasteiger partial charge in [-0.05, 0) is 35.4 Å². The molecular formula is C13H13N. The van der Waals surface area contributed by atoms with Crippen molar-refractivity contribution in [3.05, 3.63) is 53.7 Å². The van der Waals surface area contributed by atoms with Crippen LogP contribution in [0.4, 0.5) is 0 Å². The summed E-state index contributed by atoms with van der Waals surface area (Å²) in [4.78, 5) is 0. The van der Waals surface area contributed by atoms with Crippen molar-refractivity contribution in [2.75, 3.05) is 0 Å². The summed E-state index contributed by atoms with van der Waals surface area (Å²) in [6.45, 7) is 1.90. The Bertz CT molecular complexity index is 479. The molecule has 0 aliphatic carbocycles. The van der Waals surface area contributed by atoms with Crippen molar-refractivity contribution >= 4 is 16.8 Å². The highest BCUT2D eigenvalue weighted by molar-refractivity contribution is 5.84. The highest BCUT2D eigenvalue weighted by Crippen LogP contribution is 2.16. The van der Waals surface area contributed by atoms with Crippen LogP contribution in [0.3, 0.4) is 0 Å². The van der Waals surface area contributed by atoms with Gasteiger partial charge in [-0.1, -0.05) is 36.4 Å². The average Bonchev–Trinajstić information content (AvgIpc) is 2.17. The quantitative estimate of drug-likeness (QED) is 0.722. The van der Waals surface area contributed by atoms with Gasteiger partial charge in [-0.15, -0.1) is 0 Å². The average molecular weight is 183 g/mol. The molecule has 70 valence electrons. The van der Waals surface area contributed by atoms with Gasteiger partial charge in [0.2, 0.25) is 0 Å². The van der Waals surface area contributed by atoms with Crippen LogP contribution >= 0.6 is 0 Å². The van der Waals surface area contributed by atoms with Crippen molar-refractivity contribution in [1.29, 1.82) is 0 Å². The van der Waals surface area contributed by atoms with E-state index in [1.807, 2.05) is 25.1 Å². The van der Waals surface area contributed by atoms with Crippen molar-refractivity contribution in [3.63, 3.8) is 0 Å². The Hall–Kier alpha value is -1.76. The molecule has 0 aromatic heterocycles. The van der Waals surface area contributed by atoms with E-state index in [2.05, 4.69) is 30.3 Å². The minimum atomic E-state index is 0.834. The highest BCUT2D eigenvalue weighted by atomic mass is 14.5. The minimum absolute atomic E-state index is 0.834. The molecule has 0 saturated heterocycles. The molecule has 0 bridgehead atoms. The van der Waals surface area contributed by atoms with Gasteiger partial charge < -0.3 is 5.73 Å². The maximum absolute atomic E-state index is 5.63. The maximum Gasteiger partial charge on any atom is 0.00548 e. The van der Waals surface area contributed by atoms with Crippen molar-refractivity contribution in [1.82, 2.24) is 0 Å². The first kappa shape index (κ1) is 8.82. The Balaban J connectivity index is 2.57. The zero-order valence-electron chi connectivity index (χ0n) is 8.20. The summed E-state index contributed by atoms with van der Waals surface area (Å²) in [5.74, 6) is 0. The standard InChI is InChI=1S/C13H13N/c1-10(14)8-11-6-7-12-4-2-3-5-13(12)9-11/h2-9H,14H2,1H3/b10-8-. The van der Waals surface area contributed by atoms with Crippen molar-refractivity contribution in [2.45, 2.75) is 6.92 Å². The van der Waals surface area contributed by atoms with Crippen molar-refractivity contribution < 1.29 is 0 Å². The number of allylic oxidation sites excluding steroid dienone is 1. The zero-order valence-corrected chi connectivity index (χ0v) is 8.20. The lowest BCUT2D eigenvalue weighted by Crippen LogP contribution is -1.89. The number of benzene rings is 2. The molecule has 1 nitrogen and oxygen atoms in total. The van der Waals surface area contributed by atoms with E-state index in [-0.39, 0.29) is 0 Å². The molecule has 2 aromatic carbocycles. The molecule has 0 heterocycles. The fourth-order valence-electron chi connectivity index (χ4n) is 1.56. The van der Waals surface area contributed by atoms with Gasteiger partial charge in [0.05, 0.1) is 0 Å². The van der Waals surface area contributed by atoms with Crippen LogP contribution in [0.1, 0.15) is 12.5 Å². The Morgan fingerprint density at radius 3 is 2.50 bits per heavy atom. The number of hydrogen-bond acceptors (Lipinski definition) is 1. The Morgan fingerprint density at radius 1 is 1.07 bits per heavy atom. The summed E-state index contributed by atoms with van der Waals surface area (Å²) in [5, 5.41) is 2.52.